The van der Waals surface area contributed by atoms with Crippen LogP contribution in [0.4, 0.5) is 4.39 Å². The Morgan fingerprint density at radius 2 is 2.12 bits per heavy atom. The highest BCUT2D eigenvalue weighted by Gasteiger charge is 2.16. The van der Waals surface area contributed by atoms with Crippen LogP contribution in [0.2, 0.25) is 0 Å². The minimum atomic E-state index is -0.376. The zero-order chi connectivity index (χ0) is 17.1. The molecule has 0 aliphatic carbocycles. The molecule has 7 heteroatoms. The van der Waals surface area contributed by atoms with Crippen molar-refractivity contribution in [3.05, 3.63) is 68.3 Å². The summed E-state index contributed by atoms with van der Waals surface area (Å²) >= 11 is 5.07. The Morgan fingerprint density at radius 3 is 2.83 bits per heavy atom. The molecule has 0 bridgehead atoms. The number of nitrogens with zero attached hydrogens (tertiary/aromatic N) is 2. The second-order valence-corrected chi connectivity index (χ2v) is 7.77. The number of para-hydroxylation sites is 1. The van der Waals surface area contributed by atoms with Crippen LogP contribution < -0.4 is 5.32 Å². The number of aromatic nitrogens is 2. The van der Waals surface area contributed by atoms with Gasteiger partial charge in [-0.2, -0.15) is 5.10 Å². The van der Waals surface area contributed by atoms with E-state index < -0.39 is 0 Å². The maximum absolute atomic E-state index is 13.9. The van der Waals surface area contributed by atoms with Gasteiger partial charge in [-0.25, -0.2) is 9.07 Å². The van der Waals surface area contributed by atoms with Crippen LogP contribution in [-0.2, 0) is 6.42 Å². The molecule has 0 aliphatic rings. The molecule has 0 saturated heterocycles. The molecule has 3 rings (SSSR count). The summed E-state index contributed by atoms with van der Waals surface area (Å²) in [7, 11) is 0. The van der Waals surface area contributed by atoms with E-state index in [0.717, 1.165) is 10.2 Å². The van der Waals surface area contributed by atoms with E-state index in [-0.39, 0.29) is 11.7 Å². The predicted octanol–water partition coefficient (Wildman–Crippen LogP) is 4.12. The second-order valence-electron chi connectivity index (χ2n) is 5.22. The van der Waals surface area contributed by atoms with Crippen molar-refractivity contribution in [1.29, 1.82) is 0 Å². The summed E-state index contributed by atoms with van der Waals surface area (Å²) in [6.07, 6.45) is 2.24. The zero-order valence-corrected chi connectivity index (χ0v) is 15.3. The molecule has 4 nitrogen and oxygen atoms in total. The van der Waals surface area contributed by atoms with E-state index in [0.29, 0.717) is 23.5 Å². The van der Waals surface area contributed by atoms with Gasteiger partial charge in [-0.3, -0.25) is 4.79 Å². The van der Waals surface area contributed by atoms with Crippen LogP contribution in [0.15, 0.2) is 46.4 Å². The van der Waals surface area contributed by atoms with E-state index in [1.54, 1.807) is 36.5 Å². The molecule has 0 atom stereocenters. The first-order chi connectivity index (χ1) is 11.6. The zero-order valence-electron chi connectivity index (χ0n) is 12.9. The molecule has 1 amide bonds. The summed E-state index contributed by atoms with van der Waals surface area (Å²) in [6, 6.07) is 10.4. The van der Waals surface area contributed by atoms with Crippen LogP contribution >= 0.6 is 27.3 Å². The van der Waals surface area contributed by atoms with Crippen molar-refractivity contribution in [3.63, 3.8) is 0 Å². The van der Waals surface area contributed by atoms with E-state index >= 15 is 0 Å². The SMILES string of the molecule is Cc1c(C(=O)NCCc2ccc(Br)s2)cnn1-c1ccccc1F. The van der Waals surface area contributed by atoms with Crippen LogP contribution in [0.3, 0.4) is 0 Å². The second kappa shape index (κ2) is 7.27. The van der Waals surface area contributed by atoms with Crippen LogP contribution in [0.25, 0.3) is 5.69 Å². The number of hydrogen-bond acceptors (Lipinski definition) is 3. The number of hydrogen-bond donors (Lipinski definition) is 1. The van der Waals surface area contributed by atoms with Gasteiger partial charge in [0, 0.05) is 11.4 Å². The highest BCUT2D eigenvalue weighted by Crippen LogP contribution is 2.22. The fraction of sp³-hybridized carbons (Fsp3) is 0.176. The molecule has 0 saturated carbocycles. The molecule has 0 fully saturated rings. The van der Waals surface area contributed by atoms with Crippen LogP contribution in [0.1, 0.15) is 20.9 Å². The largest absolute Gasteiger partial charge is 0.352 e. The fourth-order valence-corrected chi connectivity index (χ4v) is 3.86. The summed E-state index contributed by atoms with van der Waals surface area (Å²) < 4.78 is 16.4. The minimum absolute atomic E-state index is 0.203. The Hall–Kier alpha value is -1.99. The highest BCUT2D eigenvalue weighted by molar-refractivity contribution is 9.11. The van der Waals surface area contributed by atoms with Crippen molar-refractivity contribution in [1.82, 2.24) is 15.1 Å². The van der Waals surface area contributed by atoms with Crippen LogP contribution in [0, 0.1) is 12.7 Å². The number of halogens is 2. The van der Waals surface area contributed by atoms with Gasteiger partial charge in [0.1, 0.15) is 11.5 Å². The maximum Gasteiger partial charge on any atom is 0.254 e. The first-order valence-electron chi connectivity index (χ1n) is 7.38. The van der Waals surface area contributed by atoms with E-state index in [4.69, 9.17) is 0 Å². The summed E-state index contributed by atoms with van der Waals surface area (Å²) in [6.45, 7) is 2.29. The third-order valence-electron chi connectivity index (χ3n) is 3.62. The topological polar surface area (TPSA) is 46.9 Å². The Morgan fingerprint density at radius 1 is 1.33 bits per heavy atom. The molecule has 0 spiro atoms. The Balaban J connectivity index is 1.69. The lowest BCUT2D eigenvalue weighted by atomic mass is 10.2. The van der Waals surface area contributed by atoms with Gasteiger partial charge in [-0.1, -0.05) is 12.1 Å². The molecular formula is C17H15BrFN3OS. The molecule has 0 unspecified atom stereocenters. The summed E-state index contributed by atoms with van der Waals surface area (Å²) in [4.78, 5) is 13.5. The van der Waals surface area contributed by atoms with Gasteiger partial charge in [-0.05, 0) is 53.5 Å². The van der Waals surface area contributed by atoms with Gasteiger partial charge in [0.2, 0.25) is 0 Å². The summed E-state index contributed by atoms with van der Waals surface area (Å²) in [5.74, 6) is -0.579. The highest BCUT2D eigenvalue weighted by atomic mass is 79.9. The van der Waals surface area contributed by atoms with Crippen LogP contribution in [-0.4, -0.2) is 22.2 Å². The normalized spacial score (nSPS) is 10.8. The quantitative estimate of drug-likeness (QED) is 0.691. The number of rotatable bonds is 5. The standard InChI is InChI=1S/C17H15BrFN3OS/c1-11-13(10-21-22(11)15-5-3-2-4-14(15)19)17(23)20-9-8-12-6-7-16(18)24-12/h2-7,10H,8-9H2,1H3,(H,20,23). The molecule has 124 valence electrons. The lowest BCUT2D eigenvalue weighted by Crippen LogP contribution is -2.26. The number of amides is 1. The minimum Gasteiger partial charge on any atom is -0.352 e. The summed E-state index contributed by atoms with van der Waals surface area (Å²) in [5.41, 5.74) is 1.39. The summed E-state index contributed by atoms with van der Waals surface area (Å²) in [5, 5.41) is 7.03. The molecule has 2 aromatic heterocycles. The van der Waals surface area contributed by atoms with E-state index in [1.165, 1.54) is 21.8 Å². The van der Waals surface area contributed by atoms with Gasteiger partial charge in [-0.15, -0.1) is 11.3 Å². The van der Waals surface area contributed by atoms with Gasteiger partial charge in [0.25, 0.3) is 5.91 Å². The van der Waals surface area contributed by atoms with Crippen LogP contribution in [0.5, 0.6) is 0 Å². The van der Waals surface area contributed by atoms with E-state index in [9.17, 15) is 9.18 Å². The monoisotopic (exact) mass is 407 g/mol. The average molecular weight is 408 g/mol. The Kier molecular flexibility index (Phi) is 5.11. The van der Waals surface area contributed by atoms with Crippen molar-refractivity contribution >= 4 is 33.2 Å². The lowest BCUT2D eigenvalue weighted by Gasteiger charge is -2.07. The molecule has 0 radical (unpaired) electrons. The predicted molar refractivity (Wildman–Crippen MR) is 96.3 cm³/mol. The molecule has 24 heavy (non-hydrogen) atoms. The molecule has 3 aromatic rings. The van der Waals surface area contributed by atoms with Crippen molar-refractivity contribution in [2.75, 3.05) is 6.54 Å². The third kappa shape index (κ3) is 3.57. The smallest absolute Gasteiger partial charge is 0.254 e. The van der Waals surface area contributed by atoms with Gasteiger partial charge in [0.05, 0.1) is 21.2 Å². The number of nitrogens with one attached hydrogen (secondary N) is 1. The van der Waals surface area contributed by atoms with Crippen molar-refractivity contribution < 1.29 is 9.18 Å². The Bertz CT molecular complexity index is 874. The van der Waals surface area contributed by atoms with Gasteiger partial charge in [0.15, 0.2) is 0 Å². The van der Waals surface area contributed by atoms with Crippen molar-refractivity contribution in [2.45, 2.75) is 13.3 Å². The maximum atomic E-state index is 13.9. The average Bonchev–Trinajstić information content (AvgIpc) is 3.14. The number of carbonyl (C=O) groups is 1. The molecule has 1 N–H and O–H groups in total. The van der Waals surface area contributed by atoms with E-state index in [2.05, 4.69) is 26.3 Å². The van der Waals surface area contributed by atoms with Crippen molar-refractivity contribution in [3.8, 4) is 5.69 Å². The fourth-order valence-electron chi connectivity index (χ4n) is 2.38. The number of benzene rings is 1. The van der Waals surface area contributed by atoms with Gasteiger partial charge >= 0.3 is 0 Å². The van der Waals surface area contributed by atoms with Crippen molar-refractivity contribution in [2.24, 2.45) is 0 Å². The molecule has 2 heterocycles. The van der Waals surface area contributed by atoms with E-state index in [1.807, 2.05) is 12.1 Å². The first-order valence-corrected chi connectivity index (χ1v) is 8.99. The van der Waals surface area contributed by atoms with Gasteiger partial charge < -0.3 is 5.32 Å². The molecular weight excluding hydrogens is 393 g/mol. The molecule has 0 aliphatic heterocycles. The number of carbonyl (C=O) groups excluding carboxylic acids is 1. The third-order valence-corrected chi connectivity index (χ3v) is 5.30. The Labute approximate surface area is 151 Å². The first kappa shape index (κ1) is 16.9. The molecule has 1 aromatic carbocycles. The lowest BCUT2D eigenvalue weighted by molar-refractivity contribution is 0.0953. The number of thiophene rings is 1.